The molecule has 1 aromatic rings. The van der Waals surface area contributed by atoms with Crippen molar-refractivity contribution in [3.8, 4) is 0 Å². The van der Waals surface area contributed by atoms with E-state index in [2.05, 4.69) is 4.98 Å². The number of hydrogen-bond acceptors (Lipinski definition) is 3. The smallest absolute Gasteiger partial charge is 0.224 e. The van der Waals surface area contributed by atoms with Crippen molar-refractivity contribution < 1.29 is 9.90 Å². The maximum Gasteiger partial charge on any atom is 0.224 e. The zero-order valence-electron chi connectivity index (χ0n) is 9.41. The lowest BCUT2D eigenvalue weighted by Gasteiger charge is -2.21. The van der Waals surface area contributed by atoms with Gasteiger partial charge in [0.25, 0.3) is 0 Å². The molecule has 88 valence electrons. The normalized spacial score (nSPS) is 25.0. The monoisotopic (exact) mass is 223 g/mol. The van der Waals surface area contributed by atoms with Gasteiger partial charge in [0, 0.05) is 37.9 Å². The lowest BCUT2D eigenvalue weighted by molar-refractivity contribution is -0.132. The summed E-state index contributed by atoms with van der Waals surface area (Å²) in [6.07, 6.45) is 6.05. The van der Waals surface area contributed by atoms with Gasteiger partial charge >= 0.3 is 0 Å². The zero-order chi connectivity index (χ0) is 11.5. The van der Waals surface area contributed by atoms with Gasteiger partial charge in [0.2, 0.25) is 5.91 Å². The number of rotatable bonds is 3. The van der Waals surface area contributed by atoms with E-state index in [1.165, 1.54) is 0 Å². The molecule has 1 aliphatic heterocycles. The van der Waals surface area contributed by atoms with E-state index >= 15 is 0 Å². The molecule has 0 spiro atoms. The van der Waals surface area contributed by atoms with Crippen molar-refractivity contribution in [2.24, 2.45) is 0 Å². The van der Waals surface area contributed by atoms with Crippen LogP contribution in [0.25, 0.3) is 0 Å². The molecule has 0 bridgehead atoms. The summed E-state index contributed by atoms with van der Waals surface area (Å²) in [5, 5.41) is 9.46. The van der Waals surface area contributed by atoms with Gasteiger partial charge in [-0.25, -0.2) is 4.98 Å². The summed E-state index contributed by atoms with van der Waals surface area (Å²) in [5.74, 6) is 0.109. The van der Waals surface area contributed by atoms with E-state index in [9.17, 15) is 9.90 Å². The molecule has 1 amide bonds. The first kappa shape index (κ1) is 11.1. The number of β-amino-alcohol motifs (C(OH)–C–C–N with tert-alkyl or cyclic N) is 1. The third-order valence-corrected chi connectivity index (χ3v) is 3.02. The van der Waals surface area contributed by atoms with E-state index in [4.69, 9.17) is 0 Å². The van der Waals surface area contributed by atoms with Crippen molar-refractivity contribution in [1.29, 1.82) is 0 Å². The topological polar surface area (TPSA) is 58.4 Å². The summed E-state index contributed by atoms with van der Waals surface area (Å²) in [5.41, 5.74) is 0. The molecule has 1 aromatic heterocycles. The van der Waals surface area contributed by atoms with Gasteiger partial charge in [0.15, 0.2) is 0 Å². The van der Waals surface area contributed by atoms with Crippen LogP contribution in [-0.2, 0) is 11.3 Å². The summed E-state index contributed by atoms with van der Waals surface area (Å²) in [7, 11) is 0. The van der Waals surface area contributed by atoms with Gasteiger partial charge in [-0.1, -0.05) is 0 Å². The van der Waals surface area contributed by atoms with Crippen LogP contribution in [0.1, 0.15) is 19.8 Å². The molecular formula is C11H17N3O2. The first-order valence-corrected chi connectivity index (χ1v) is 5.60. The molecule has 2 rings (SSSR count). The largest absolute Gasteiger partial charge is 0.391 e. The minimum Gasteiger partial charge on any atom is -0.391 e. The van der Waals surface area contributed by atoms with Crippen LogP contribution in [0.3, 0.4) is 0 Å². The predicted molar refractivity (Wildman–Crippen MR) is 58.6 cm³/mol. The number of hydrogen-bond donors (Lipinski definition) is 1. The second kappa shape index (κ2) is 4.65. The van der Waals surface area contributed by atoms with E-state index in [-0.39, 0.29) is 18.1 Å². The second-order valence-corrected chi connectivity index (χ2v) is 4.34. The highest BCUT2D eigenvalue weighted by molar-refractivity contribution is 5.76. The van der Waals surface area contributed by atoms with Crippen molar-refractivity contribution in [2.45, 2.75) is 38.5 Å². The fourth-order valence-corrected chi connectivity index (χ4v) is 2.14. The van der Waals surface area contributed by atoms with Crippen LogP contribution in [0.4, 0.5) is 0 Å². The van der Waals surface area contributed by atoms with Gasteiger partial charge < -0.3 is 14.6 Å². The molecule has 2 atom stereocenters. The number of carbonyl (C=O) groups excluding carboxylic acids is 1. The number of likely N-dealkylation sites (tertiary alicyclic amines) is 1. The SMILES string of the molecule is CC1CC(O)CN1C(=O)CCn1ccnc1. The summed E-state index contributed by atoms with van der Waals surface area (Å²) >= 11 is 0. The summed E-state index contributed by atoms with van der Waals surface area (Å²) in [6.45, 7) is 3.10. The van der Waals surface area contributed by atoms with Crippen LogP contribution in [0.5, 0.6) is 0 Å². The molecular weight excluding hydrogens is 206 g/mol. The van der Waals surface area contributed by atoms with Crippen molar-refractivity contribution >= 4 is 5.91 Å². The minimum absolute atomic E-state index is 0.109. The molecule has 1 saturated heterocycles. The number of aliphatic hydroxyl groups excluding tert-OH is 1. The molecule has 0 aliphatic carbocycles. The fraction of sp³-hybridized carbons (Fsp3) is 0.636. The minimum atomic E-state index is -0.354. The Hall–Kier alpha value is -1.36. The molecule has 0 radical (unpaired) electrons. The standard InChI is InChI=1S/C11H17N3O2/c1-9-6-10(15)7-14(9)11(16)2-4-13-5-3-12-8-13/h3,5,8-10,15H,2,4,6-7H2,1H3. The Morgan fingerprint density at radius 2 is 2.44 bits per heavy atom. The van der Waals surface area contributed by atoms with Crippen LogP contribution >= 0.6 is 0 Å². The maximum atomic E-state index is 11.9. The first-order valence-electron chi connectivity index (χ1n) is 5.60. The zero-order valence-corrected chi connectivity index (χ0v) is 9.41. The molecule has 5 heteroatoms. The van der Waals surface area contributed by atoms with Gasteiger partial charge in [-0.3, -0.25) is 4.79 Å². The molecule has 1 aliphatic rings. The fourth-order valence-electron chi connectivity index (χ4n) is 2.14. The van der Waals surface area contributed by atoms with E-state index in [0.717, 1.165) is 0 Å². The van der Waals surface area contributed by atoms with Gasteiger partial charge in [0.05, 0.1) is 12.4 Å². The van der Waals surface area contributed by atoms with Gasteiger partial charge in [-0.15, -0.1) is 0 Å². The number of aryl methyl sites for hydroxylation is 1. The maximum absolute atomic E-state index is 11.9. The van der Waals surface area contributed by atoms with Gasteiger partial charge in [-0.2, -0.15) is 0 Å². The van der Waals surface area contributed by atoms with Crippen molar-refractivity contribution in [3.63, 3.8) is 0 Å². The number of nitrogens with zero attached hydrogens (tertiary/aromatic N) is 3. The predicted octanol–water partition coefficient (Wildman–Crippen LogP) is 0.255. The Balaban J connectivity index is 1.84. The first-order chi connectivity index (χ1) is 7.66. The molecule has 1 fully saturated rings. The number of aromatic nitrogens is 2. The molecule has 2 heterocycles. The molecule has 16 heavy (non-hydrogen) atoms. The summed E-state index contributed by atoms with van der Waals surface area (Å²) in [4.78, 5) is 17.6. The molecule has 5 nitrogen and oxygen atoms in total. The van der Waals surface area contributed by atoms with E-state index < -0.39 is 0 Å². The quantitative estimate of drug-likeness (QED) is 0.799. The highest BCUT2D eigenvalue weighted by Gasteiger charge is 2.30. The van der Waals surface area contributed by atoms with Crippen LogP contribution in [0, 0.1) is 0 Å². The third kappa shape index (κ3) is 2.41. The van der Waals surface area contributed by atoms with Gasteiger partial charge in [-0.05, 0) is 13.3 Å². The highest BCUT2D eigenvalue weighted by atomic mass is 16.3. The van der Waals surface area contributed by atoms with Crippen molar-refractivity contribution in [3.05, 3.63) is 18.7 Å². The van der Waals surface area contributed by atoms with Crippen molar-refractivity contribution in [2.75, 3.05) is 6.54 Å². The molecule has 1 N–H and O–H groups in total. The number of imidazole rings is 1. The summed E-state index contributed by atoms with van der Waals surface area (Å²) in [6, 6.07) is 0.158. The molecule has 0 saturated carbocycles. The lowest BCUT2D eigenvalue weighted by atomic mass is 10.2. The van der Waals surface area contributed by atoms with Crippen LogP contribution in [0.15, 0.2) is 18.7 Å². The van der Waals surface area contributed by atoms with E-state index in [0.29, 0.717) is 25.9 Å². The van der Waals surface area contributed by atoms with Crippen LogP contribution in [-0.4, -0.2) is 44.2 Å². The van der Waals surface area contributed by atoms with Gasteiger partial charge in [0.1, 0.15) is 0 Å². The highest BCUT2D eigenvalue weighted by Crippen LogP contribution is 2.18. The van der Waals surface area contributed by atoms with Crippen LogP contribution < -0.4 is 0 Å². The Labute approximate surface area is 94.7 Å². The van der Waals surface area contributed by atoms with E-state index in [1.807, 2.05) is 17.7 Å². The Morgan fingerprint density at radius 3 is 3.00 bits per heavy atom. The Morgan fingerprint density at radius 1 is 1.62 bits per heavy atom. The lowest BCUT2D eigenvalue weighted by Crippen LogP contribution is -2.34. The third-order valence-electron chi connectivity index (χ3n) is 3.02. The average molecular weight is 223 g/mol. The number of carbonyl (C=O) groups is 1. The number of aliphatic hydroxyl groups is 1. The molecule has 2 unspecified atom stereocenters. The number of amides is 1. The van der Waals surface area contributed by atoms with E-state index in [1.54, 1.807) is 17.4 Å². The molecule has 0 aromatic carbocycles. The Kier molecular flexibility index (Phi) is 3.24. The van der Waals surface area contributed by atoms with Crippen LogP contribution in [0.2, 0.25) is 0 Å². The second-order valence-electron chi connectivity index (χ2n) is 4.34. The summed E-state index contributed by atoms with van der Waals surface area (Å²) < 4.78 is 1.88. The van der Waals surface area contributed by atoms with Crippen molar-refractivity contribution in [1.82, 2.24) is 14.5 Å². The Bertz CT molecular complexity index is 350. The average Bonchev–Trinajstić information content (AvgIpc) is 2.84.